The number of nitrogens with zero attached hydrogens (tertiary/aromatic N) is 1. The molecule has 2 aliphatic heterocycles. The van der Waals surface area contributed by atoms with E-state index in [1.807, 2.05) is 12.1 Å². The van der Waals surface area contributed by atoms with Crippen molar-refractivity contribution in [1.29, 1.82) is 0 Å². The Hall–Kier alpha value is -2.50. The molecule has 1 aromatic carbocycles. The first-order valence-corrected chi connectivity index (χ1v) is 7.46. The van der Waals surface area contributed by atoms with Gasteiger partial charge in [0.05, 0.1) is 31.0 Å². The number of urea groups is 1. The molecule has 0 bridgehead atoms. The van der Waals surface area contributed by atoms with Crippen LogP contribution in [0.2, 0.25) is 0 Å². The first-order chi connectivity index (χ1) is 10.7. The topological polar surface area (TPSA) is 70.7 Å². The highest BCUT2D eigenvalue weighted by Gasteiger charge is 2.27. The maximum Gasteiger partial charge on any atom is 0.337 e. The van der Waals surface area contributed by atoms with E-state index in [-0.39, 0.29) is 18.5 Å². The molecular weight excluding hydrogens is 282 g/mol. The van der Waals surface area contributed by atoms with E-state index in [1.54, 1.807) is 6.92 Å². The van der Waals surface area contributed by atoms with Crippen LogP contribution in [0, 0.1) is 0 Å². The molecule has 0 fully saturated rings. The van der Waals surface area contributed by atoms with E-state index in [1.165, 1.54) is 5.56 Å². The number of para-hydroxylation sites is 1. The molecule has 2 heterocycles. The third-order valence-electron chi connectivity index (χ3n) is 3.91. The summed E-state index contributed by atoms with van der Waals surface area (Å²) in [6, 6.07) is 7.92. The van der Waals surface area contributed by atoms with Crippen molar-refractivity contribution >= 4 is 17.7 Å². The lowest BCUT2D eigenvalue weighted by atomic mass is 10.1. The normalized spacial score (nSPS) is 17.0. The van der Waals surface area contributed by atoms with Crippen molar-refractivity contribution in [3.63, 3.8) is 0 Å². The van der Waals surface area contributed by atoms with E-state index < -0.39 is 0 Å². The highest BCUT2D eigenvalue weighted by atomic mass is 16.5. The van der Waals surface area contributed by atoms with Crippen LogP contribution in [-0.2, 0) is 16.0 Å². The molecule has 0 aliphatic carbocycles. The number of rotatable bonds is 4. The van der Waals surface area contributed by atoms with E-state index in [4.69, 9.17) is 4.74 Å². The van der Waals surface area contributed by atoms with Crippen LogP contribution in [0.4, 0.5) is 10.5 Å². The van der Waals surface area contributed by atoms with Crippen LogP contribution in [0.5, 0.6) is 0 Å². The third-order valence-corrected chi connectivity index (χ3v) is 3.91. The van der Waals surface area contributed by atoms with Crippen molar-refractivity contribution in [2.75, 3.05) is 31.1 Å². The van der Waals surface area contributed by atoms with Gasteiger partial charge in [-0.1, -0.05) is 18.2 Å². The Morgan fingerprint density at radius 2 is 2.18 bits per heavy atom. The van der Waals surface area contributed by atoms with E-state index in [0.29, 0.717) is 24.4 Å². The zero-order valence-electron chi connectivity index (χ0n) is 12.5. The monoisotopic (exact) mass is 301 g/mol. The summed E-state index contributed by atoms with van der Waals surface area (Å²) in [5.74, 6) is -0.377. The van der Waals surface area contributed by atoms with Crippen LogP contribution in [0.15, 0.2) is 35.5 Å². The number of carbonyl (C=O) groups is 2. The van der Waals surface area contributed by atoms with Crippen LogP contribution in [-0.4, -0.2) is 38.2 Å². The lowest BCUT2D eigenvalue weighted by Crippen LogP contribution is -2.46. The second-order valence-electron chi connectivity index (χ2n) is 5.29. The predicted octanol–water partition coefficient (Wildman–Crippen LogP) is 1.18. The molecule has 0 saturated carbocycles. The van der Waals surface area contributed by atoms with E-state index >= 15 is 0 Å². The molecule has 0 atom stereocenters. The fourth-order valence-electron chi connectivity index (χ4n) is 2.84. The van der Waals surface area contributed by atoms with Crippen molar-refractivity contribution in [3.05, 3.63) is 41.1 Å². The van der Waals surface area contributed by atoms with Crippen molar-refractivity contribution in [2.45, 2.75) is 13.3 Å². The number of benzene rings is 1. The summed E-state index contributed by atoms with van der Waals surface area (Å²) >= 11 is 0. The summed E-state index contributed by atoms with van der Waals surface area (Å²) < 4.78 is 5.07. The van der Waals surface area contributed by atoms with Gasteiger partial charge in [0.2, 0.25) is 0 Å². The van der Waals surface area contributed by atoms with Crippen molar-refractivity contribution < 1.29 is 14.3 Å². The summed E-state index contributed by atoms with van der Waals surface area (Å²) in [4.78, 5) is 25.8. The second-order valence-corrected chi connectivity index (χ2v) is 5.29. The number of fused-ring (bicyclic) bond motifs is 1. The average molecular weight is 301 g/mol. The number of nitrogens with one attached hydrogen (secondary N) is 2. The van der Waals surface area contributed by atoms with Crippen molar-refractivity contribution in [2.24, 2.45) is 0 Å². The van der Waals surface area contributed by atoms with Gasteiger partial charge in [-0.15, -0.1) is 0 Å². The van der Waals surface area contributed by atoms with Crippen LogP contribution in [0.1, 0.15) is 12.5 Å². The summed E-state index contributed by atoms with van der Waals surface area (Å²) in [5.41, 5.74) is 3.57. The molecule has 116 valence electrons. The van der Waals surface area contributed by atoms with Crippen LogP contribution in [0.3, 0.4) is 0 Å². The van der Waals surface area contributed by atoms with Gasteiger partial charge >= 0.3 is 12.0 Å². The molecule has 22 heavy (non-hydrogen) atoms. The molecule has 0 aromatic heterocycles. The number of hydrogen-bond donors (Lipinski definition) is 2. The molecule has 2 aliphatic rings. The SMILES string of the molecule is CCOC(=O)C1=C(CN2CCc3ccccc32)NC(=O)NC1. The zero-order valence-corrected chi connectivity index (χ0v) is 12.5. The highest BCUT2D eigenvalue weighted by molar-refractivity contribution is 5.93. The molecule has 0 saturated heterocycles. The number of amides is 2. The largest absolute Gasteiger partial charge is 0.463 e. The molecule has 6 heteroatoms. The minimum atomic E-state index is -0.377. The van der Waals surface area contributed by atoms with Gasteiger partial charge in [-0.2, -0.15) is 0 Å². The zero-order chi connectivity index (χ0) is 15.5. The maximum atomic E-state index is 12.0. The summed E-state index contributed by atoms with van der Waals surface area (Å²) in [7, 11) is 0. The van der Waals surface area contributed by atoms with E-state index in [0.717, 1.165) is 18.7 Å². The van der Waals surface area contributed by atoms with Gasteiger partial charge in [-0.25, -0.2) is 9.59 Å². The Morgan fingerprint density at radius 3 is 3.00 bits per heavy atom. The number of ether oxygens (including phenoxy) is 1. The van der Waals surface area contributed by atoms with Crippen molar-refractivity contribution in [3.8, 4) is 0 Å². The lowest BCUT2D eigenvalue weighted by Gasteiger charge is -2.26. The van der Waals surface area contributed by atoms with Gasteiger partial charge in [0.25, 0.3) is 0 Å². The van der Waals surface area contributed by atoms with Gasteiger partial charge in [0.1, 0.15) is 0 Å². The predicted molar refractivity (Wildman–Crippen MR) is 82.6 cm³/mol. The quantitative estimate of drug-likeness (QED) is 0.819. The minimum absolute atomic E-state index is 0.204. The van der Waals surface area contributed by atoms with Crippen molar-refractivity contribution in [1.82, 2.24) is 10.6 Å². The number of carbonyl (C=O) groups excluding carboxylic acids is 2. The molecular formula is C16H19N3O3. The number of esters is 1. The second kappa shape index (κ2) is 6.09. The van der Waals surface area contributed by atoms with Gasteiger partial charge in [-0.3, -0.25) is 0 Å². The molecule has 6 nitrogen and oxygen atoms in total. The Kier molecular flexibility index (Phi) is 4.00. The standard InChI is InChI=1S/C16H19N3O3/c1-2-22-15(20)12-9-17-16(21)18-13(12)10-19-8-7-11-5-3-4-6-14(11)19/h3-6H,2,7-10H2,1H3,(H2,17,18,21). The maximum absolute atomic E-state index is 12.0. The Balaban J connectivity index is 1.84. The minimum Gasteiger partial charge on any atom is -0.463 e. The summed E-state index contributed by atoms with van der Waals surface area (Å²) in [6.45, 7) is 3.66. The van der Waals surface area contributed by atoms with Crippen LogP contribution in [0.25, 0.3) is 0 Å². The molecule has 2 amide bonds. The lowest BCUT2D eigenvalue weighted by molar-refractivity contribution is -0.138. The molecule has 2 N–H and O–H groups in total. The number of hydrogen-bond acceptors (Lipinski definition) is 4. The fourth-order valence-corrected chi connectivity index (χ4v) is 2.84. The summed E-state index contributed by atoms with van der Waals surface area (Å²) in [5, 5.41) is 5.37. The first kappa shape index (κ1) is 14.4. The smallest absolute Gasteiger partial charge is 0.337 e. The van der Waals surface area contributed by atoms with Gasteiger partial charge < -0.3 is 20.3 Å². The van der Waals surface area contributed by atoms with Crippen LogP contribution < -0.4 is 15.5 Å². The Bertz CT molecular complexity index is 639. The van der Waals surface area contributed by atoms with E-state index in [2.05, 4.69) is 27.7 Å². The first-order valence-electron chi connectivity index (χ1n) is 7.46. The van der Waals surface area contributed by atoms with Gasteiger partial charge in [0, 0.05) is 12.2 Å². The highest BCUT2D eigenvalue weighted by Crippen LogP contribution is 2.28. The average Bonchev–Trinajstić information content (AvgIpc) is 2.91. The molecule has 0 radical (unpaired) electrons. The fraction of sp³-hybridized carbons (Fsp3) is 0.375. The molecule has 0 unspecified atom stereocenters. The van der Waals surface area contributed by atoms with Crippen LogP contribution >= 0.6 is 0 Å². The Morgan fingerprint density at radius 1 is 1.36 bits per heavy atom. The van der Waals surface area contributed by atoms with E-state index in [9.17, 15) is 9.59 Å². The molecule has 3 rings (SSSR count). The Labute approximate surface area is 129 Å². The molecule has 0 spiro atoms. The molecule has 1 aromatic rings. The number of anilines is 1. The van der Waals surface area contributed by atoms with Gasteiger partial charge in [-0.05, 0) is 25.0 Å². The van der Waals surface area contributed by atoms with Gasteiger partial charge in [0.15, 0.2) is 0 Å². The third kappa shape index (κ3) is 2.77. The summed E-state index contributed by atoms with van der Waals surface area (Å²) in [6.07, 6.45) is 0.977.